The third-order valence-corrected chi connectivity index (χ3v) is 0.926. The molecular weight excluding hydrogens is 110 g/mol. The zero-order valence-corrected chi connectivity index (χ0v) is 4.42. The molecule has 0 aliphatic carbocycles. The molecule has 0 aromatic heterocycles. The highest BCUT2D eigenvalue weighted by atomic mass is 35.5. The average molecular weight is 123 g/mol. The number of hydrogen-bond donors (Lipinski definition) is 0. The third-order valence-electron chi connectivity index (χ3n) is 0.309. The lowest BCUT2D eigenvalue weighted by molar-refractivity contribution is 0.745. The van der Waals surface area contributed by atoms with E-state index in [1.54, 1.807) is 0 Å². The number of halogens is 1. The first kappa shape index (κ1) is 9.95. The van der Waals surface area contributed by atoms with Gasteiger partial charge >= 0.3 is 0 Å². The maximum absolute atomic E-state index is 5.34. The molecule has 0 aromatic rings. The molecule has 0 aromatic carbocycles. The molecule has 0 saturated carbocycles. The fourth-order valence-corrected chi connectivity index (χ4v) is 0. The molecule has 2 heteroatoms. The summed E-state index contributed by atoms with van der Waals surface area (Å²) in [7, 11) is 0. The summed E-state index contributed by atoms with van der Waals surface area (Å²) in [5.41, 5.74) is 0. The molecule has 0 bridgehead atoms. The second-order valence-corrected chi connectivity index (χ2v) is 1.86. The molecular formula is C4H12AlCl. The zero-order chi connectivity index (χ0) is 4.28. The van der Waals surface area contributed by atoms with E-state index in [2.05, 4.69) is 13.8 Å². The van der Waals surface area contributed by atoms with Crippen LogP contribution in [0.4, 0.5) is 0 Å². The molecule has 0 aliphatic heterocycles. The van der Waals surface area contributed by atoms with Crippen molar-refractivity contribution in [1.29, 1.82) is 0 Å². The van der Waals surface area contributed by atoms with Gasteiger partial charge in [0.25, 0.3) is 0 Å². The van der Waals surface area contributed by atoms with Crippen LogP contribution in [0.15, 0.2) is 0 Å². The van der Waals surface area contributed by atoms with Crippen molar-refractivity contribution < 1.29 is 0 Å². The first-order valence-electron chi connectivity index (χ1n) is 1.83. The molecule has 0 fully saturated rings. The predicted octanol–water partition coefficient (Wildman–Crippen LogP) is 0.697. The molecule has 0 radical (unpaired) electrons. The highest BCUT2D eigenvalue weighted by Gasteiger charge is 1.82. The Morgan fingerprint density at radius 3 is 1.67 bits per heavy atom. The van der Waals surface area contributed by atoms with Gasteiger partial charge in [-0.15, -0.1) is 11.6 Å². The van der Waals surface area contributed by atoms with Crippen LogP contribution in [0.1, 0.15) is 13.8 Å². The van der Waals surface area contributed by atoms with Gasteiger partial charge in [0.15, 0.2) is 17.4 Å². The van der Waals surface area contributed by atoms with Gasteiger partial charge in [-0.2, -0.15) is 0 Å². The highest BCUT2D eigenvalue weighted by molar-refractivity contribution is 6.17. The van der Waals surface area contributed by atoms with Crippen LogP contribution in [0.2, 0.25) is 0 Å². The molecule has 0 nitrogen and oxygen atoms in total. The Hall–Kier alpha value is 0.822. The van der Waals surface area contributed by atoms with Gasteiger partial charge in [0.05, 0.1) is 0 Å². The largest absolute Gasteiger partial charge is 0.187 e. The zero-order valence-electron chi connectivity index (χ0n) is 3.66. The second-order valence-electron chi connectivity index (χ2n) is 1.55. The fraction of sp³-hybridized carbons (Fsp3) is 1.00. The van der Waals surface area contributed by atoms with Gasteiger partial charge in [-0.3, -0.25) is 0 Å². The molecule has 0 rings (SSSR count). The maximum atomic E-state index is 5.34. The molecule has 38 valence electrons. The van der Waals surface area contributed by atoms with Crippen molar-refractivity contribution >= 4 is 29.0 Å². The summed E-state index contributed by atoms with van der Waals surface area (Å²) in [5, 5.41) is 0. The van der Waals surface area contributed by atoms with Crippen molar-refractivity contribution in [2.75, 3.05) is 5.88 Å². The Bertz CT molecular complexity index is 21.5. The van der Waals surface area contributed by atoms with E-state index in [4.69, 9.17) is 11.6 Å². The first-order chi connectivity index (χ1) is 2.27. The van der Waals surface area contributed by atoms with E-state index in [9.17, 15) is 0 Å². The van der Waals surface area contributed by atoms with Gasteiger partial charge in [0.1, 0.15) is 0 Å². The van der Waals surface area contributed by atoms with Gasteiger partial charge < -0.3 is 0 Å². The summed E-state index contributed by atoms with van der Waals surface area (Å²) >= 11 is 5.34. The van der Waals surface area contributed by atoms with E-state index in [-0.39, 0.29) is 17.4 Å². The Kier molecular flexibility index (Phi) is 9.65. The highest BCUT2D eigenvalue weighted by Crippen LogP contribution is 1.91. The molecule has 0 unspecified atom stereocenters. The van der Waals surface area contributed by atoms with Gasteiger partial charge in [0, 0.05) is 5.88 Å². The van der Waals surface area contributed by atoms with Gasteiger partial charge in [-0.05, 0) is 5.92 Å². The molecule has 0 atom stereocenters. The monoisotopic (exact) mass is 122 g/mol. The van der Waals surface area contributed by atoms with Crippen LogP contribution in [0, 0.1) is 5.92 Å². The first-order valence-corrected chi connectivity index (χ1v) is 2.36. The SMILES string of the molecule is CC(C)CCl.[AlH3]. The summed E-state index contributed by atoms with van der Waals surface area (Å²) in [6, 6.07) is 0. The summed E-state index contributed by atoms with van der Waals surface area (Å²) in [4.78, 5) is 0. The smallest absolute Gasteiger partial charge is 0.126 e. The van der Waals surface area contributed by atoms with Crippen LogP contribution in [-0.2, 0) is 0 Å². The topological polar surface area (TPSA) is 0 Å². The maximum Gasteiger partial charge on any atom is 0.187 e. The minimum Gasteiger partial charge on any atom is -0.126 e. The van der Waals surface area contributed by atoms with Crippen LogP contribution < -0.4 is 0 Å². The van der Waals surface area contributed by atoms with Crippen LogP contribution in [-0.4, -0.2) is 23.2 Å². The van der Waals surface area contributed by atoms with Crippen LogP contribution >= 0.6 is 11.6 Å². The van der Waals surface area contributed by atoms with Crippen molar-refractivity contribution in [2.24, 2.45) is 5.92 Å². The normalized spacial score (nSPS) is 8.00. The molecule has 0 spiro atoms. The number of alkyl halides is 1. The Balaban J connectivity index is 0. The standard InChI is InChI=1S/C4H9Cl.Al.3H/c1-4(2)3-5;;;;/h4H,3H2,1-2H3;;;;. The summed E-state index contributed by atoms with van der Waals surface area (Å²) in [5.74, 6) is 1.43. The number of rotatable bonds is 1. The minimum absolute atomic E-state index is 0. The van der Waals surface area contributed by atoms with Crippen molar-refractivity contribution in [2.45, 2.75) is 13.8 Å². The molecule has 0 amide bonds. The fourth-order valence-electron chi connectivity index (χ4n) is 0. The van der Waals surface area contributed by atoms with E-state index in [0.29, 0.717) is 5.92 Å². The lowest BCUT2D eigenvalue weighted by atomic mass is 10.3. The van der Waals surface area contributed by atoms with Crippen LogP contribution in [0.3, 0.4) is 0 Å². The lowest BCUT2D eigenvalue weighted by Gasteiger charge is -1.88. The Labute approximate surface area is 55.0 Å². The van der Waals surface area contributed by atoms with Crippen molar-refractivity contribution in [3.8, 4) is 0 Å². The second kappa shape index (κ2) is 5.82. The van der Waals surface area contributed by atoms with Crippen LogP contribution in [0.25, 0.3) is 0 Å². The van der Waals surface area contributed by atoms with E-state index in [1.165, 1.54) is 0 Å². The van der Waals surface area contributed by atoms with E-state index in [0.717, 1.165) is 5.88 Å². The van der Waals surface area contributed by atoms with Gasteiger partial charge in [-0.1, -0.05) is 13.8 Å². The quantitative estimate of drug-likeness (QED) is 0.355. The summed E-state index contributed by atoms with van der Waals surface area (Å²) < 4.78 is 0. The summed E-state index contributed by atoms with van der Waals surface area (Å²) in [6.07, 6.45) is 0. The lowest BCUT2D eigenvalue weighted by Crippen LogP contribution is -1.83. The minimum atomic E-state index is 0. The van der Waals surface area contributed by atoms with Crippen molar-refractivity contribution in [1.82, 2.24) is 0 Å². The van der Waals surface area contributed by atoms with E-state index < -0.39 is 0 Å². The Morgan fingerprint density at radius 1 is 1.50 bits per heavy atom. The van der Waals surface area contributed by atoms with Crippen molar-refractivity contribution in [3.05, 3.63) is 0 Å². The van der Waals surface area contributed by atoms with Gasteiger partial charge in [0.2, 0.25) is 0 Å². The molecule has 0 heterocycles. The predicted molar refractivity (Wildman–Crippen MR) is 35.5 cm³/mol. The van der Waals surface area contributed by atoms with E-state index in [1.807, 2.05) is 0 Å². The number of hydrogen-bond acceptors (Lipinski definition) is 0. The third kappa shape index (κ3) is 8.85. The summed E-state index contributed by atoms with van der Waals surface area (Å²) in [6.45, 7) is 4.18. The molecule has 0 aliphatic rings. The van der Waals surface area contributed by atoms with Gasteiger partial charge in [-0.25, -0.2) is 0 Å². The van der Waals surface area contributed by atoms with Crippen LogP contribution in [0.5, 0.6) is 0 Å². The molecule has 6 heavy (non-hydrogen) atoms. The van der Waals surface area contributed by atoms with Crippen molar-refractivity contribution in [3.63, 3.8) is 0 Å². The molecule has 0 N–H and O–H groups in total. The average Bonchev–Trinajstić information content (AvgIpc) is 1.38. The molecule has 0 saturated heterocycles. The van der Waals surface area contributed by atoms with E-state index >= 15 is 0 Å². The Morgan fingerprint density at radius 2 is 1.67 bits per heavy atom.